The molecule has 1 N–H and O–H groups in total. The van der Waals surface area contributed by atoms with Crippen molar-refractivity contribution in [3.63, 3.8) is 0 Å². The molecule has 1 aliphatic rings. The number of aliphatic hydroxyl groups is 1. The van der Waals surface area contributed by atoms with Crippen LogP contribution in [0, 0.1) is 0 Å². The molecule has 1 aromatic rings. The van der Waals surface area contributed by atoms with Gasteiger partial charge in [-0.1, -0.05) is 55.8 Å². The second-order valence-electron chi connectivity index (χ2n) is 5.53. The van der Waals surface area contributed by atoms with Crippen LogP contribution in [-0.2, 0) is 9.53 Å². The highest BCUT2D eigenvalue weighted by molar-refractivity contribution is 6.51. The van der Waals surface area contributed by atoms with E-state index in [2.05, 4.69) is 0 Å². The van der Waals surface area contributed by atoms with E-state index in [9.17, 15) is 9.90 Å². The molecule has 2 rings (SSSR count). The number of ether oxygens (including phenoxy) is 1. The Hall–Kier alpha value is -1.32. The molecule has 4 heteroatoms. The normalized spacial score (nSPS) is 21.3. The topological polar surface area (TPSA) is 46.5 Å². The van der Waals surface area contributed by atoms with Gasteiger partial charge in [-0.25, -0.2) is 4.79 Å². The Morgan fingerprint density at radius 3 is 2.52 bits per heavy atom. The Labute approximate surface area is 130 Å². The zero-order valence-corrected chi connectivity index (χ0v) is 13.2. The second kappa shape index (κ2) is 6.63. The average Bonchev–Trinajstić information content (AvgIpc) is 2.87. The molecule has 0 aliphatic carbocycles. The Morgan fingerprint density at radius 1 is 1.33 bits per heavy atom. The van der Waals surface area contributed by atoms with Crippen molar-refractivity contribution in [2.75, 3.05) is 0 Å². The first kappa shape index (κ1) is 16.1. The minimum Gasteiger partial charge on any atom is -0.459 e. The van der Waals surface area contributed by atoms with E-state index in [0.717, 1.165) is 5.56 Å². The zero-order valence-electron chi connectivity index (χ0n) is 12.4. The molecule has 0 radical (unpaired) electrons. The van der Waals surface area contributed by atoms with Crippen LogP contribution in [0.1, 0.15) is 45.1 Å². The maximum Gasteiger partial charge on any atom is 0.335 e. The van der Waals surface area contributed by atoms with Crippen molar-refractivity contribution < 1.29 is 14.6 Å². The standard InChI is InChI=1S/C17H21ClO3/c1-3-17(20,4-2)11-13-10-14(16(19)21-13)15(18)12-8-6-5-7-9-12/h5-9,13,20H,3-4,10-11H2,1-2H3/b15-14-. The number of carbonyl (C=O) groups is 1. The van der Waals surface area contributed by atoms with Crippen molar-refractivity contribution in [1.82, 2.24) is 0 Å². The highest BCUT2D eigenvalue weighted by Gasteiger charge is 2.36. The fourth-order valence-electron chi connectivity index (χ4n) is 2.59. The predicted octanol–water partition coefficient (Wildman–Crippen LogP) is 3.89. The number of benzene rings is 1. The monoisotopic (exact) mass is 308 g/mol. The van der Waals surface area contributed by atoms with Crippen LogP contribution in [0.4, 0.5) is 0 Å². The van der Waals surface area contributed by atoms with Gasteiger partial charge in [0, 0.05) is 12.8 Å². The van der Waals surface area contributed by atoms with E-state index in [1.807, 2.05) is 44.2 Å². The molecule has 0 amide bonds. The predicted molar refractivity (Wildman–Crippen MR) is 83.9 cm³/mol. The molecule has 1 unspecified atom stereocenters. The van der Waals surface area contributed by atoms with E-state index < -0.39 is 5.60 Å². The van der Waals surface area contributed by atoms with Gasteiger partial charge in [0.25, 0.3) is 0 Å². The Balaban J connectivity index is 2.17. The first-order chi connectivity index (χ1) is 9.99. The summed E-state index contributed by atoms with van der Waals surface area (Å²) in [6.45, 7) is 3.88. The molecule has 1 atom stereocenters. The number of hydrogen-bond acceptors (Lipinski definition) is 3. The fraction of sp³-hybridized carbons (Fsp3) is 0.471. The lowest BCUT2D eigenvalue weighted by molar-refractivity contribution is -0.141. The van der Waals surface area contributed by atoms with Crippen molar-refractivity contribution in [1.29, 1.82) is 0 Å². The first-order valence-electron chi connectivity index (χ1n) is 7.36. The van der Waals surface area contributed by atoms with Crippen LogP contribution in [0.5, 0.6) is 0 Å². The molecule has 21 heavy (non-hydrogen) atoms. The first-order valence-corrected chi connectivity index (χ1v) is 7.74. The van der Waals surface area contributed by atoms with E-state index in [1.165, 1.54) is 0 Å². The third-order valence-corrected chi connectivity index (χ3v) is 4.61. The van der Waals surface area contributed by atoms with Gasteiger partial charge in [0.2, 0.25) is 0 Å². The van der Waals surface area contributed by atoms with Gasteiger partial charge < -0.3 is 9.84 Å². The molecular formula is C17H21ClO3. The van der Waals surface area contributed by atoms with Gasteiger partial charge >= 0.3 is 5.97 Å². The van der Waals surface area contributed by atoms with Crippen LogP contribution in [0.15, 0.2) is 35.9 Å². The van der Waals surface area contributed by atoms with E-state index in [4.69, 9.17) is 16.3 Å². The van der Waals surface area contributed by atoms with Crippen LogP contribution in [-0.4, -0.2) is 22.8 Å². The zero-order chi connectivity index (χ0) is 15.5. The number of carbonyl (C=O) groups excluding carboxylic acids is 1. The van der Waals surface area contributed by atoms with Gasteiger partial charge in [0.05, 0.1) is 16.2 Å². The molecule has 1 aliphatic heterocycles. The quantitative estimate of drug-likeness (QED) is 0.663. The van der Waals surface area contributed by atoms with Crippen molar-refractivity contribution in [3.05, 3.63) is 41.5 Å². The van der Waals surface area contributed by atoms with Gasteiger partial charge in [-0.15, -0.1) is 0 Å². The van der Waals surface area contributed by atoms with E-state index in [-0.39, 0.29) is 12.1 Å². The van der Waals surface area contributed by atoms with Crippen LogP contribution < -0.4 is 0 Å². The third kappa shape index (κ3) is 3.66. The van der Waals surface area contributed by atoms with Crippen molar-refractivity contribution >= 4 is 22.6 Å². The largest absolute Gasteiger partial charge is 0.459 e. The number of cyclic esters (lactones) is 1. The van der Waals surface area contributed by atoms with Gasteiger partial charge in [-0.2, -0.15) is 0 Å². The molecule has 0 bridgehead atoms. The molecule has 0 saturated carbocycles. The molecule has 1 heterocycles. The lowest BCUT2D eigenvalue weighted by atomic mass is 9.89. The lowest BCUT2D eigenvalue weighted by Crippen LogP contribution is -2.31. The van der Waals surface area contributed by atoms with Crippen LogP contribution in [0.3, 0.4) is 0 Å². The van der Waals surface area contributed by atoms with E-state index in [1.54, 1.807) is 0 Å². The van der Waals surface area contributed by atoms with Crippen molar-refractivity contribution in [2.24, 2.45) is 0 Å². The molecule has 1 fully saturated rings. The summed E-state index contributed by atoms with van der Waals surface area (Å²) >= 11 is 6.33. The minimum atomic E-state index is -0.778. The molecule has 1 aromatic carbocycles. The summed E-state index contributed by atoms with van der Waals surface area (Å²) in [5.74, 6) is -0.372. The molecule has 3 nitrogen and oxygen atoms in total. The molecule has 114 valence electrons. The van der Waals surface area contributed by atoms with E-state index in [0.29, 0.717) is 36.3 Å². The number of esters is 1. The number of rotatable bonds is 5. The number of hydrogen-bond donors (Lipinski definition) is 1. The van der Waals surface area contributed by atoms with Crippen LogP contribution in [0.25, 0.3) is 5.03 Å². The van der Waals surface area contributed by atoms with Crippen molar-refractivity contribution in [3.8, 4) is 0 Å². The second-order valence-corrected chi connectivity index (χ2v) is 5.90. The highest BCUT2D eigenvalue weighted by atomic mass is 35.5. The molecular weight excluding hydrogens is 288 g/mol. The lowest BCUT2D eigenvalue weighted by Gasteiger charge is -2.27. The van der Waals surface area contributed by atoms with Crippen molar-refractivity contribution in [2.45, 2.75) is 51.2 Å². The Morgan fingerprint density at radius 2 is 1.95 bits per heavy atom. The van der Waals surface area contributed by atoms with Gasteiger partial charge in [-0.3, -0.25) is 0 Å². The average molecular weight is 309 g/mol. The van der Waals surface area contributed by atoms with Crippen LogP contribution >= 0.6 is 11.6 Å². The SMILES string of the molecule is CCC(O)(CC)CC1C/C(=C(/Cl)c2ccccc2)C(=O)O1. The molecule has 0 spiro atoms. The summed E-state index contributed by atoms with van der Waals surface area (Å²) in [6.07, 6.45) is 1.89. The van der Waals surface area contributed by atoms with E-state index >= 15 is 0 Å². The smallest absolute Gasteiger partial charge is 0.335 e. The maximum atomic E-state index is 12.0. The summed E-state index contributed by atoms with van der Waals surface area (Å²) in [4.78, 5) is 12.0. The third-order valence-electron chi connectivity index (χ3n) is 4.17. The van der Waals surface area contributed by atoms with Crippen LogP contribution in [0.2, 0.25) is 0 Å². The summed E-state index contributed by atoms with van der Waals surface area (Å²) in [6, 6.07) is 9.39. The summed E-state index contributed by atoms with van der Waals surface area (Å²) in [7, 11) is 0. The summed E-state index contributed by atoms with van der Waals surface area (Å²) in [5, 5.41) is 10.8. The highest BCUT2D eigenvalue weighted by Crippen LogP contribution is 2.35. The van der Waals surface area contributed by atoms with Gasteiger partial charge in [0.1, 0.15) is 6.10 Å². The Kier molecular flexibility index (Phi) is 5.07. The maximum absolute atomic E-state index is 12.0. The van der Waals surface area contributed by atoms with Gasteiger partial charge in [-0.05, 0) is 18.4 Å². The minimum absolute atomic E-state index is 0.296. The summed E-state index contributed by atoms with van der Waals surface area (Å²) in [5.41, 5.74) is 0.537. The summed E-state index contributed by atoms with van der Waals surface area (Å²) < 4.78 is 5.37. The fourth-order valence-corrected chi connectivity index (χ4v) is 2.87. The molecule has 0 aromatic heterocycles. The molecule has 1 saturated heterocycles. The Bertz CT molecular complexity index is 532. The number of halogens is 1. The van der Waals surface area contributed by atoms with Gasteiger partial charge in [0.15, 0.2) is 0 Å².